The normalized spacial score (nSPS) is 24.4. The molecule has 2 bridgehead atoms. The van der Waals surface area contributed by atoms with Gasteiger partial charge in [-0.2, -0.15) is 11.8 Å². The number of benzene rings is 1. The molecule has 1 aromatic carbocycles. The molecule has 14 N–H and O–H groups in total. The number of aliphatic hydroxyl groups is 3. The fraction of sp³-hybridized carbons (Fsp3) is 0.682. The zero-order valence-electron chi connectivity index (χ0n) is 59.3. The topological polar surface area (TPSA) is 487 Å². The summed E-state index contributed by atoms with van der Waals surface area (Å²) in [6.45, 7) is 9.39. The summed E-state index contributed by atoms with van der Waals surface area (Å²) < 4.78 is 60.7. The molecule has 2 aromatic rings. The Morgan fingerprint density at radius 2 is 1.37 bits per heavy atom. The van der Waals surface area contributed by atoms with Gasteiger partial charge in [0.25, 0.3) is 0 Å². The van der Waals surface area contributed by atoms with Crippen molar-refractivity contribution in [1.82, 2.24) is 62.7 Å². The molecule has 580 valence electrons. The second-order valence-electron chi connectivity index (χ2n) is 25.7. The first-order valence-electron chi connectivity index (χ1n) is 34.8. The van der Waals surface area contributed by atoms with Crippen LogP contribution in [0.4, 0.5) is 0 Å². The van der Waals surface area contributed by atoms with Gasteiger partial charge >= 0.3 is 0 Å². The number of hydrogen-bond acceptors (Lipinski definition) is 27. The number of carbonyl (C=O) groups excluding carboxylic acids is 11. The van der Waals surface area contributed by atoms with E-state index < -0.39 is 182 Å². The first kappa shape index (κ1) is 83.8. The van der Waals surface area contributed by atoms with Gasteiger partial charge in [-0.15, -0.1) is 5.53 Å². The number of hydrazine groups is 2. The number of aromatic amines is 1. The molecule has 104 heavy (non-hydrogen) atoms. The van der Waals surface area contributed by atoms with E-state index >= 15 is 4.21 Å². The van der Waals surface area contributed by atoms with Gasteiger partial charge in [-0.25, -0.2) is 0 Å². The number of nitrogens with one attached hydrogen (secondary N) is 9. The molecule has 6 heterocycles. The van der Waals surface area contributed by atoms with Crippen molar-refractivity contribution in [3.05, 3.63) is 35.2 Å². The smallest absolute Gasteiger partial charge is 0.246 e. The van der Waals surface area contributed by atoms with Gasteiger partial charge in [0.15, 0.2) is 5.78 Å². The lowest BCUT2D eigenvalue weighted by molar-refractivity contribution is -0.144. The molecule has 12 atom stereocenters. The third kappa shape index (κ3) is 24.8. The average molecular weight is 1510 g/mol. The number of hydrogen-bond donors (Lipinski definition) is 13. The number of amides is 10. The Hall–Kier alpha value is -7.47. The lowest BCUT2D eigenvalue weighted by Gasteiger charge is -2.32. The van der Waals surface area contributed by atoms with Crippen LogP contribution in [0.2, 0.25) is 0 Å². The zero-order valence-corrected chi connectivity index (χ0v) is 61.0. The highest BCUT2D eigenvalue weighted by Gasteiger charge is 2.46. The van der Waals surface area contributed by atoms with Gasteiger partial charge in [0.2, 0.25) is 59.1 Å². The number of methoxy groups -OCH3 is 1. The minimum Gasteiger partial charge on any atom is -0.496 e. The second kappa shape index (κ2) is 42.6. The first-order valence-corrected chi connectivity index (χ1v) is 37.3. The number of thioether (sulfide) groups is 1. The number of fused-ring (bicyclic) bond motifs is 5. The van der Waals surface area contributed by atoms with Crippen molar-refractivity contribution < 1.29 is 110 Å². The third-order valence-corrected chi connectivity index (χ3v) is 20.5. The number of rotatable bonds is 36. The maximum atomic E-state index is 15.4. The summed E-state index contributed by atoms with van der Waals surface area (Å²) >= 11 is 1.44. The summed E-state index contributed by atoms with van der Waals surface area (Å²) in [5, 5.41) is 49.2. The molecule has 2 unspecified atom stereocenters. The average Bonchev–Trinajstić information content (AvgIpc) is 1.61. The van der Waals surface area contributed by atoms with E-state index in [0.29, 0.717) is 126 Å². The minimum absolute atomic E-state index is 0.126. The molecule has 0 saturated carbocycles. The van der Waals surface area contributed by atoms with Crippen LogP contribution >= 0.6 is 11.8 Å². The van der Waals surface area contributed by atoms with Crippen LogP contribution in [-0.2, 0) is 109 Å². The van der Waals surface area contributed by atoms with E-state index in [4.69, 9.17) is 43.6 Å². The maximum absolute atomic E-state index is 15.4. The molecule has 10 amide bonds. The van der Waals surface area contributed by atoms with E-state index in [2.05, 4.69) is 47.8 Å². The maximum Gasteiger partial charge on any atom is 0.246 e. The highest BCUT2D eigenvalue weighted by atomic mass is 32.2. The predicted octanol–water partition coefficient (Wildman–Crippen LogP) is -4.62. The van der Waals surface area contributed by atoms with Crippen LogP contribution < -0.4 is 53.3 Å². The van der Waals surface area contributed by atoms with Crippen LogP contribution in [-0.4, -0.2) is 297 Å². The number of Topliss-reactive ketones (excluding diaryl/α,β-unsaturated/α-hetero) is 1. The molecule has 38 heteroatoms. The van der Waals surface area contributed by atoms with Crippen molar-refractivity contribution in [2.75, 3.05) is 150 Å². The number of primary amides is 1. The predicted molar refractivity (Wildman–Crippen MR) is 372 cm³/mol. The minimum atomic E-state index is -2.44. The van der Waals surface area contributed by atoms with Crippen LogP contribution in [0.3, 0.4) is 0 Å². The molecule has 2 fully saturated rings. The van der Waals surface area contributed by atoms with Crippen molar-refractivity contribution in [1.29, 1.82) is 0 Å². The highest BCUT2D eigenvalue weighted by Crippen LogP contribution is 2.36. The van der Waals surface area contributed by atoms with Crippen LogP contribution in [0.25, 0.3) is 10.9 Å². The summed E-state index contributed by atoms with van der Waals surface area (Å²) in [5.41, 5.74) is 13.3. The van der Waals surface area contributed by atoms with Gasteiger partial charge in [-0.05, 0) is 23.6 Å². The zero-order chi connectivity index (χ0) is 75.4. The summed E-state index contributed by atoms with van der Waals surface area (Å²) in [6, 6.07) is -5.59. The number of aliphatic hydroxyl groups excluding tert-OH is 3. The molecule has 7 rings (SSSR count). The molecular formula is C66H101N13O23S2. The van der Waals surface area contributed by atoms with Gasteiger partial charge in [-0.3, -0.25) is 66.9 Å². The van der Waals surface area contributed by atoms with Gasteiger partial charge in [-0.1, -0.05) is 34.1 Å². The quantitative estimate of drug-likeness (QED) is 0.0225. The molecule has 0 spiro atoms. The number of nitrogens with two attached hydrogens (primary N) is 1. The Morgan fingerprint density at radius 1 is 0.740 bits per heavy atom. The second-order valence-corrected chi connectivity index (χ2v) is 28.3. The number of likely N-dealkylation sites (tertiary alicyclic amines) is 1. The number of H-pyrrole nitrogens is 1. The Labute approximate surface area is 608 Å². The number of imide groups is 1. The highest BCUT2D eigenvalue weighted by molar-refractivity contribution is 7.98. The van der Waals surface area contributed by atoms with Crippen molar-refractivity contribution in [2.45, 2.75) is 119 Å². The van der Waals surface area contributed by atoms with Crippen molar-refractivity contribution in [3.63, 3.8) is 0 Å². The third-order valence-electron chi connectivity index (χ3n) is 18.1. The van der Waals surface area contributed by atoms with Gasteiger partial charge in [0, 0.05) is 78.6 Å². The van der Waals surface area contributed by atoms with Crippen LogP contribution in [0.15, 0.2) is 29.1 Å². The Morgan fingerprint density at radius 3 is 1.96 bits per heavy atom. The number of carbonyl (C=O) groups is 11. The summed E-state index contributed by atoms with van der Waals surface area (Å²) in [7, 11) is -0.999. The summed E-state index contributed by atoms with van der Waals surface area (Å²) in [5.74, 6) is -12.0. The lowest BCUT2D eigenvalue weighted by Crippen LogP contribution is -2.62. The number of nitrogens with zero attached hydrogens (tertiary/aromatic N) is 3. The summed E-state index contributed by atoms with van der Waals surface area (Å²) in [6.07, 6.45) is -2.83. The number of aromatic nitrogens is 1. The Bertz CT molecular complexity index is 3350. The van der Waals surface area contributed by atoms with E-state index in [9.17, 15) is 68.1 Å². The molecule has 5 aliphatic rings. The van der Waals surface area contributed by atoms with Gasteiger partial charge < -0.3 is 106 Å². The van der Waals surface area contributed by atoms with Gasteiger partial charge in [0.05, 0.1) is 179 Å². The monoisotopic (exact) mass is 1510 g/mol. The first-order chi connectivity index (χ1) is 49.9. The van der Waals surface area contributed by atoms with E-state index in [0.717, 1.165) is 4.90 Å². The van der Waals surface area contributed by atoms with E-state index in [1.165, 1.54) is 30.7 Å². The molecule has 5 aliphatic heterocycles. The summed E-state index contributed by atoms with van der Waals surface area (Å²) in [4.78, 5) is 157. The standard InChI is InChI=1S/C66H101N13O23S2/c1-6-38(2)45-26-42(81)30-68-60(88)48-28-46-44-7-8-53(95-5)47(36-103-24-23-102-22-21-101-20-19-100-18-17-99-16-15-98-14-13-97-12-11-96-10-9-77-32-41(75-76-77)33-79-56(86)25-39(3)65(79)92)58(44)74-64(46)104(94)37-50(70-55(85)31-69-59(45)87)61(89)72-49(29-54(67)84)66(93)78-34-43(82)27-51(78)62(90)73-57(63(91)71-48)40(4)52(83)35-80/h7-8,32,38-40,43,45,48-52,57,74-76,80,82-83H,6,9-31,33-37H2,1-5H3,(H2,67,84)(H,68,88)(H,69,87)(H,70,85)(H,71,91)(H,72,89)(H,73,90)/t38-,39?,40-,43+,45-,48-,49-,50+,51-,52-,57-,104?/m0/s1. The molecule has 0 radical (unpaired) electrons. The molecule has 2 saturated heterocycles. The fourth-order valence-corrected chi connectivity index (χ4v) is 14.3. The largest absolute Gasteiger partial charge is 0.496 e. The van der Waals surface area contributed by atoms with E-state index in [1.807, 2.05) is 0 Å². The van der Waals surface area contributed by atoms with Crippen molar-refractivity contribution in [3.8, 4) is 5.75 Å². The Balaban J connectivity index is 0.944. The van der Waals surface area contributed by atoms with Crippen LogP contribution in [0.1, 0.15) is 70.9 Å². The fourth-order valence-electron chi connectivity index (χ4n) is 12.1. The van der Waals surface area contributed by atoms with E-state index in [1.54, 1.807) is 44.1 Å². The molecular weight excluding hydrogens is 1410 g/mol. The van der Waals surface area contributed by atoms with Crippen LogP contribution in [0.5, 0.6) is 5.75 Å². The van der Waals surface area contributed by atoms with Crippen molar-refractivity contribution >= 4 is 98.3 Å². The molecule has 1 aromatic heterocycles. The SMILES string of the molecule is CC[C@H](C)[C@@H]1CC(=O)CNC(=O)[C@@H]2Cc3c([nH]c4c(CSCCOCCOCCOCCOCCOCCOCCOCCN5C=C(CN6C(=O)CC(C)C6=O)NN5)c(OC)ccc34)S(=O)C[C@@H](NC(=O)CNC1=O)C(=O)N[C@@H](CC(N)=O)C(=O)N1C[C@H](O)C[C@H]1C(=O)N[C@@H]([C@@H](C)[C@@H](O)CO)C(=O)N2. The number of ketones is 1. The van der Waals surface area contributed by atoms with Gasteiger partial charge in [0.1, 0.15) is 41.0 Å². The molecule has 0 aliphatic carbocycles. The van der Waals surface area contributed by atoms with Crippen molar-refractivity contribution in [2.24, 2.45) is 29.4 Å². The van der Waals surface area contributed by atoms with Crippen LogP contribution in [0, 0.1) is 23.7 Å². The lowest BCUT2D eigenvalue weighted by atomic mass is 9.86. The Kier molecular flexibility index (Phi) is 34.3. The van der Waals surface area contributed by atoms with E-state index in [-0.39, 0.29) is 60.3 Å². The number of ether oxygens (including phenoxy) is 8. The molecule has 36 nitrogen and oxygen atoms in total.